The molecule has 0 saturated carbocycles. The summed E-state index contributed by atoms with van der Waals surface area (Å²) in [5, 5.41) is 0. The molecule has 3 rings (SSSR count). The van der Waals surface area contributed by atoms with Crippen LogP contribution in [-0.4, -0.2) is 30.9 Å². The predicted molar refractivity (Wildman–Crippen MR) is 98.0 cm³/mol. The summed E-state index contributed by atoms with van der Waals surface area (Å²) in [7, 11) is 2.11. The molecule has 2 N–H and O–H groups in total. The van der Waals surface area contributed by atoms with Crippen molar-refractivity contribution in [3.05, 3.63) is 65.2 Å². The maximum atomic E-state index is 11.3. The molecular weight excluding hydrogens is 298 g/mol. The summed E-state index contributed by atoms with van der Waals surface area (Å²) in [6.45, 7) is 3.98. The SMILES string of the molecule is CN(Cc1cccc(C(N)=O)c1)Cc1ccccc1N1CCCC1. The van der Waals surface area contributed by atoms with Crippen LogP contribution in [-0.2, 0) is 13.1 Å². The number of carbonyl (C=O) groups excluding carboxylic acids is 1. The molecule has 0 bridgehead atoms. The zero-order valence-electron chi connectivity index (χ0n) is 14.2. The molecule has 126 valence electrons. The molecule has 0 radical (unpaired) electrons. The molecule has 1 amide bonds. The van der Waals surface area contributed by atoms with Gasteiger partial charge in [-0.1, -0.05) is 30.3 Å². The van der Waals surface area contributed by atoms with Crippen molar-refractivity contribution in [3.8, 4) is 0 Å². The minimum Gasteiger partial charge on any atom is -0.371 e. The van der Waals surface area contributed by atoms with Gasteiger partial charge in [-0.2, -0.15) is 0 Å². The number of carbonyl (C=O) groups is 1. The van der Waals surface area contributed by atoms with Crippen LogP contribution < -0.4 is 10.6 Å². The molecule has 0 aromatic heterocycles. The Balaban J connectivity index is 1.70. The van der Waals surface area contributed by atoms with Crippen molar-refractivity contribution >= 4 is 11.6 Å². The fourth-order valence-corrected chi connectivity index (χ4v) is 3.39. The number of primary amides is 1. The van der Waals surface area contributed by atoms with Gasteiger partial charge in [-0.25, -0.2) is 0 Å². The summed E-state index contributed by atoms with van der Waals surface area (Å²) >= 11 is 0. The number of rotatable bonds is 6. The van der Waals surface area contributed by atoms with E-state index in [2.05, 4.69) is 41.1 Å². The van der Waals surface area contributed by atoms with Gasteiger partial charge >= 0.3 is 0 Å². The van der Waals surface area contributed by atoms with Crippen LogP contribution in [0.2, 0.25) is 0 Å². The Morgan fingerprint density at radius 2 is 1.83 bits per heavy atom. The average Bonchev–Trinajstić information content (AvgIpc) is 3.10. The highest BCUT2D eigenvalue weighted by Gasteiger charge is 2.16. The van der Waals surface area contributed by atoms with Crippen molar-refractivity contribution in [1.82, 2.24) is 4.90 Å². The highest BCUT2D eigenvalue weighted by atomic mass is 16.1. The lowest BCUT2D eigenvalue weighted by Gasteiger charge is -2.24. The quantitative estimate of drug-likeness (QED) is 0.889. The van der Waals surface area contributed by atoms with Gasteiger partial charge in [0, 0.05) is 37.4 Å². The van der Waals surface area contributed by atoms with Gasteiger partial charge < -0.3 is 10.6 Å². The first kappa shape index (κ1) is 16.5. The molecule has 0 spiro atoms. The number of benzene rings is 2. The topological polar surface area (TPSA) is 49.6 Å². The van der Waals surface area contributed by atoms with E-state index in [-0.39, 0.29) is 5.91 Å². The van der Waals surface area contributed by atoms with Crippen LogP contribution in [0.4, 0.5) is 5.69 Å². The summed E-state index contributed by atoms with van der Waals surface area (Å²) in [5.41, 5.74) is 9.75. The zero-order chi connectivity index (χ0) is 16.9. The van der Waals surface area contributed by atoms with Gasteiger partial charge in [-0.3, -0.25) is 9.69 Å². The molecule has 1 aliphatic heterocycles. The first-order valence-corrected chi connectivity index (χ1v) is 8.53. The normalized spacial score (nSPS) is 14.3. The van der Waals surface area contributed by atoms with Crippen LogP contribution in [0.1, 0.15) is 34.3 Å². The lowest BCUT2D eigenvalue weighted by atomic mass is 10.1. The van der Waals surface area contributed by atoms with E-state index in [0.717, 1.165) is 31.7 Å². The Bertz CT molecular complexity index is 708. The predicted octanol–water partition coefficient (Wildman–Crippen LogP) is 3.02. The van der Waals surface area contributed by atoms with Crippen molar-refractivity contribution < 1.29 is 4.79 Å². The number of amides is 1. The summed E-state index contributed by atoms with van der Waals surface area (Å²) < 4.78 is 0. The monoisotopic (exact) mass is 323 g/mol. The molecule has 1 heterocycles. The van der Waals surface area contributed by atoms with Crippen LogP contribution in [0.3, 0.4) is 0 Å². The van der Waals surface area contributed by atoms with E-state index in [9.17, 15) is 4.79 Å². The van der Waals surface area contributed by atoms with E-state index in [4.69, 9.17) is 5.73 Å². The molecule has 2 aromatic rings. The highest BCUT2D eigenvalue weighted by molar-refractivity contribution is 5.92. The Morgan fingerprint density at radius 1 is 1.08 bits per heavy atom. The maximum Gasteiger partial charge on any atom is 0.248 e. The molecule has 0 aliphatic carbocycles. The molecule has 1 aliphatic rings. The van der Waals surface area contributed by atoms with E-state index >= 15 is 0 Å². The molecule has 1 saturated heterocycles. The molecule has 4 nitrogen and oxygen atoms in total. The molecule has 0 unspecified atom stereocenters. The maximum absolute atomic E-state index is 11.3. The number of anilines is 1. The van der Waals surface area contributed by atoms with Crippen molar-refractivity contribution in [3.63, 3.8) is 0 Å². The fraction of sp³-hybridized carbons (Fsp3) is 0.350. The van der Waals surface area contributed by atoms with Crippen molar-refractivity contribution in [1.29, 1.82) is 0 Å². The number of nitrogens with zero attached hydrogens (tertiary/aromatic N) is 2. The largest absolute Gasteiger partial charge is 0.371 e. The van der Waals surface area contributed by atoms with Gasteiger partial charge in [-0.15, -0.1) is 0 Å². The third-order valence-electron chi connectivity index (χ3n) is 4.54. The van der Waals surface area contributed by atoms with Crippen LogP contribution in [0.15, 0.2) is 48.5 Å². The molecule has 2 aromatic carbocycles. The van der Waals surface area contributed by atoms with Crippen LogP contribution in [0, 0.1) is 0 Å². The van der Waals surface area contributed by atoms with E-state index in [1.165, 1.54) is 24.1 Å². The van der Waals surface area contributed by atoms with E-state index in [1.807, 2.05) is 18.2 Å². The second kappa shape index (κ2) is 7.49. The highest BCUT2D eigenvalue weighted by Crippen LogP contribution is 2.25. The molecule has 1 fully saturated rings. The van der Waals surface area contributed by atoms with E-state index < -0.39 is 0 Å². The number of hydrogen-bond acceptors (Lipinski definition) is 3. The lowest BCUT2D eigenvalue weighted by Crippen LogP contribution is -2.23. The minimum absolute atomic E-state index is 0.376. The lowest BCUT2D eigenvalue weighted by molar-refractivity contribution is 0.1000. The fourth-order valence-electron chi connectivity index (χ4n) is 3.39. The average molecular weight is 323 g/mol. The van der Waals surface area contributed by atoms with E-state index in [0.29, 0.717) is 5.56 Å². The zero-order valence-corrected chi connectivity index (χ0v) is 14.2. The van der Waals surface area contributed by atoms with Crippen LogP contribution >= 0.6 is 0 Å². The Kier molecular flexibility index (Phi) is 5.16. The van der Waals surface area contributed by atoms with Crippen LogP contribution in [0.25, 0.3) is 0 Å². The molecule has 4 heteroatoms. The summed E-state index contributed by atoms with van der Waals surface area (Å²) in [6, 6.07) is 16.2. The summed E-state index contributed by atoms with van der Waals surface area (Å²) in [5.74, 6) is -0.376. The molecule has 24 heavy (non-hydrogen) atoms. The minimum atomic E-state index is -0.376. The molecular formula is C20H25N3O. The van der Waals surface area contributed by atoms with Crippen molar-refractivity contribution in [2.24, 2.45) is 5.73 Å². The second-order valence-corrected chi connectivity index (χ2v) is 6.56. The Morgan fingerprint density at radius 3 is 2.58 bits per heavy atom. The van der Waals surface area contributed by atoms with Gasteiger partial charge in [0.2, 0.25) is 5.91 Å². The van der Waals surface area contributed by atoms with Crippen molar-refractivity contribution in [2.75, 3.05) is 25.0 Å². The third-order valence-corrected chi connectivity index (χ3v) is 4.54. The van der Waals surface area contributed by atoms with Gasteiger partial charge in [-0.05, 0) is 49.2 Å². The standard InChI is InChI=1S/C20H25N3O/c1-22(14-16-7-6-9-17(13-16)20(21)24)15-18-8-2-3-10-19(18)23-11-4-5-12-23/h2-3,6-10,13H,4-5,11-12,14-15H2,1H3,(H2,21,24). The van der Waals surface area contributed by atoms with Gasteiger partial charge in [0.05, 0.1) is 0 Å². The Hall–Kier alpha value is -2.33. The first-order valence-electron chi connectivity index (χ1n) is 8.53. The number of para-hydroxylation sites is 1. The van der Waals surface area contributed by atoms with Gasteiger partial charge in [0.15, 0.2) is 0 Å². The van der Waals surface area contributed by atoms with Crippen LogP contribution in [0.5, 0.6) is 0 Å². The number of hydrogen-bond donors (Lipinski definition) is 1. The van der Waals surface area contributed by atoms with Gasteiger partial charge in [0.1, 0.15) is 0 Å². The first-order chi connectivity index (χ1) is 11.6. The number of nitrogens with two attached hydrogens (primary N) is 1. The third kappa shape index (κ3) is 3.95. The second-order valence-electron chi connectivity index (χ2n) is 6.56. The molecule has 0 atom stereocenters. The summed E-state index contributed by atoms with van der Waals surface area (Å²) in [6.07, 6.45) is 2.56. The van der Waals surface area contributed by atoms with Crippen molar-refractivity contribution in [2.45, 2.75) is 25.9 Å². The Labute approximate surface area is 143 Å². The summed E-state index contributed by atoms with van der Waals surface area (Å²) in [4.78, 5) is 16.1. The van der Waals surface area contributed by atoms with E-state index in [1.54, 1.807) is 6.07 Å². The van der Waals surface area contributed by atoms with Gasteiger partial charge in [0.25, 0.3) is 0 Å². The smallest absolute Gasteiger partial charge is 0.248 e.